The molecule has 6 nitrogen and oxygen atoms in total. The molecule has 0 radical (unpaired) electrons. The van der Waals surface area contributed by atoms with Crippen LogP contribution in [0.3, 0.4) is 0 Å². The minimum absolute atomic E-state index is 0.0296. The van der Waals surface area contributed by atoms with Crippen LogP contribution in [0, 0.1) is 5.41 Å². The number of hydrogen-bond acceptors (Lipinski definition) is 6. The molecule has 1 aromatic rings. The van der Waals surface area contributed by atoms with Crippen LogP contribution < -0.4 is 0 Å². The first-order valence-electron chi connectivity index (χ1n) is 8.85. The van der Waals surface area contributed by atoms with E-state index in [1.807, 2.05) is 6.08 Å². The van der Waals surface area contributed by atoms with Crippen LogP contribution in [0.1, 0.15) is 32.1 Å². The van der Waals surface area contributed by atoms with E-state index in [2.05, 4.69) is 12.3 Å². The number of allylic oxidation sites excluding steroid dienone is 3. The van der Waals surface area contributed by atoms with Gasteiger partial charge in [0.15, 0.2) is 5.41 Å². The van der Waals surface area contributed by atoms with Gasteiger partial charge in [0.25, 0.3) is 0 Å². The lowest BCUT2D eigenvalue weighted by molar-refractivity contribution is -0.169. The van der Waals surface area contributed by atoms with Crippen molar-refractivity contribution in [2.24, 2.45) is 5.41 Å². The van der Waals surface area contributed by atoms with Gasteiger partial charge < -0.3 is 9.47 Å². The van der Waals surface area contributed by atoms with Crippen LogP contribution in [-0.2, 0) is 28.9 Å². The molecule has 7 heteroatoms. The number of methoxy groups -OCH3 is 2. The van der Waals surface area contributed by atoms with Gasteiger partial charge >= 0.3 is 11.9 Å². The van der Waals surface area contributed by atoms with Gasteiger partial charge in [0.2, 0.25) is 9.84 Å². The highest BCUT2D eigenvalue weighted by Crippen LogP contribution is 2.41. The molecule has 150 valence electrons. The number of sulfone groups is 1. The topological polar surface area (TPSA) is 86.7 Å². The second-order valence-corrected chi connectivity index (χ2v) is 8.56. The van der Waals surface area contributed by atoms with E-state index in [0.717, 1.165) is 39.1 Å². The van der Waals surface area contributed by atoms with E-state index in [0.29, 0.717) is 0 Å². The SMILES string of the molecule is C=C=C(CC(CC1=CCCC1)(C(=O)OC)C(=O)OC)S(=O)(=O)c1ccccc1. The summed E-state index contributed by atoms with van der Waals surface area (Å²) >= 11 is 0. The Morgan fingerprint density at radius 3 is 2.21 bits per heavy atom. The fourth-order valence-corrected chi connectivity index (χ4v) is 4.81. The zero-order chi connectivity index (χ0) is 20.8. The van der Waals surface area contributed by atoms with Crippen LogP contribution in [0.5, 0.6) is 0 Å². The van der Waals surface area contributed by atoms with Crippen molar-refractivity contribution in [1.82, 2.24) is 0 Å². The zero-order valence-corrected chi connectivity index (χ0v) is 16.9. The molecular weight excluding hydrogens is 380 g/mol. The molecule has 0 spiro atoms. The second-order valence-electron chi connectivity index (χ2n) is 6.59. The Bertz CT molecular complexity index is 905. The molecule has 0 heterocycles. The van der Waals surface area contributed by atoms with Crippen molar-refractivity contribution in [2.75, 3.05) is 14.2 Å². The van der Waals surface area contributed by atoms with Gasteiger partial charge in [-0.05, 0) is 37.8 Å². The van der Waals surface area contributed by atoms with Crippen molar-refractivity contribution in [2.45, 2.75) is 37.0 Å². The Morgan fingerprint density at radius 2 is 1.75 bits per heavy atom. The molecule has 0 aromatic heterocycles. The summed E-state index contributed by atoms with van der Waals surface area (Å²) < 4.78 is 35.9. The average Bonchev–Trinajstić information content (AvgIpc) is 3.23. The van der Waals surface area contributed by atoms with Gasteiger partial charge in [-0.2, -0.15) is 0 Å². The Labute approximate surface area is 165 Å². The molecule has 0 atom stereocenters. The number of esters is 2. The van der Waals surface area contributed by atoms with Crippen molar-refractivity contribution in [3.63, 3.8) is 0 Å². The maximum absolute atomic E-state index is 13.0. The largest absolute Gasteiger partial charge is 0.468 e. The molecule has 0 saturated carbocycles. The minimum Gasteiger partial charge on any atom is -0.468 e. The third kappa shape index (κ3) is 4.26. The van der Waals surface area contributed by atoms with Crippen LogP contribution in [0.25, 0.3) is 0 Å². The lowest BCUT2D eigenvalue weighted by atomic mass is 9.78. The van der Waals surface area contributed by atoms with E-state index in [1.165, 1.54) is 12.1 Å². The lowest BCUT2D eigenvalue weighted by Gasteiger charge is -2.29. The first-order chi connectivity index (χ1) is 13.3. The number of rotatable bonds is 8. The summed E-state index contributed by atoms with van der Waals surface area (Å²) in [5.74, 6) is -1.69. The normalized spacial score (nSPS) is 14.0. The monoisotopic (exact) mass is 404 g/mol. The number of benzene rings is 1. The number of carbonyl (C=O) groups excluding carboxylic acids is 2. The molecule has 1 aromatic carbocycles. The fraction of sp³-hybridized carbons (Fsp3) is 0.381. The molecular formula is C21H24O6S. The zero-order valence-electron chi connectivity index (χ0n) is 16.1. The molecule has 1 aliphatic carbocycles. The smallest absolute Gasteiger partial charge is 0.323 e. The Hall–Kier alpha value is -2.63. The van der Waals surface area contributed by atoms with Crippen LogP contribution in [0.4, 0.5) is 0 Å². The molecule has 28 heavy (non-hydrogen) atoms. The van der Waals surface area contributed by atoms with Crippen LogP contribution >= 0.6 is 0 Å². The van der Waals surface area contributed by atoms with Crippen molar-refractivity contribution in [3.8, 4) is 0 Å². The summed E-state index contributed by atoms with van der Waals surface area (Å²) in [5.41, 5.74) is 1.50. The first-order valence-corrected chi connectivity index (χ1v) is 10.3. The summed E-state index contributed by atoms with van der Waals surface area (Å²) in [6.07, 6.45) is 4.05. The fourth-order valence-electron chi connectivity index (χ4n) is 3.38. The highest BCUT2D eigenvalue weighted by Gasteiger charge is 2.51. The Kier molecular flexibility index (Phi) is 7.00. The van der Waals surface area contributed by atoms with Crippen molar-refractivity contribution in [3.05, 3.63) is 59.2 Å². The van der Waals surface area contributed by atoms with E-state index in [9.17, 15) is 18.0 Å². The first kappa shape index (κ1) is 21.7. The van der Waals surface area contributed by atoms with Gasteiger partial charge in [0.1, 0.15) is 0 Å². The van der Waals surface area contributed by atoms with E-state index in [1.54, 1.807) is 18.2 Å². The highest BCUT2D eigenvalue weighted by molar-refractivity contribution is 7.95. The minimum atomic E-state index is -3.99. The predicted octanol–water partition coefficient (Wildman–Crippen LogP) is 3.35. The van der Waals surface area contributed by atoms with Gasteiger partial charge in [0.05, 0.1) is 24.0 Å². The molecule has 0 unspecified atom stereocenters. The second kappa shape index (κ2) is 9.04. The maximum atomic E-state index is 13.0. The summed E-state index contributed by atoms with van der Waals surface area (Å²) in [6.45, 7) is 3.48. The molecule has 0 N–H and O–H groups in total. The third-order valence-electron chi connectivity index (χ3n) is 4.85. The quantitative estimate of drug-likeness (QED) is 0.286. The highest BCUT2D eigenvalue weighted by atomic mass is 32.2. The summed E-state index contributed by atoms with van der Waals surface area (Å²) in [6, 6.07) is 7.74. The summed E-state index contributed by atoms with van der Waals surface area (Å²) in [7, 11) is -1.68. The predicted molar refractivity (Wildman–Crippen MR) is 104 cm³/mol. The van der Waals surface area contributed by atoms with Crippen LogP contribution in [0.2, 0.25) is 0 Å². The molecule has 0 bridgehead atoms. The van der Waals surface area contributed by atoms with Gasteiger partial charge in [-0.25, -0.2) is 8.42 Å². The molecule has 0 amide bonds. The van der Waals surface area contributed by atoms with Crippen molar-refractivity contribution >= 4 is 21.8 Å². The van der Waals surface area contributed by atoms with E-state index in [-0.39, 0.29) is 16.2 Å². The van der Waals surface area contributed by atoms with E-state index >= 15 is 0 Å². The average molecular weight is 404 g/mol. The third-order valence-corrected chi connectivity index (χ3v) is 6.68. The molecule has 0 fully saturated rings. The van der Waals surface area contributed by atoms with Crippen LogP contribution in [0.15, 0.2) is 64.1 Å². The maximum Gasteiger partial charge on any atom is 0.323 e. The Morgan fingerprint density at radius 1 is 1.14 bits per heavy atom. The summed E-state index contributed by atoms with van der Waals surface area (Å²) in [5, 5.41) is 0. The molecule has 1 aliphatic rings. The standard InChI is InChI=1S/C21H24O6S/c1-4-17(28(24,25)18-12-6-5-7-13-18)15-21(19(22)26-2,20(23)27-3)14-16-10-8-9-11-16/h5-7,10,12-13H,1,8-9,11,14-15H2,2-3H3. The molecule has 0 aliphatic heterocycles. The van der Waals surface area contributed by atoms with Gasteiger partial charge in [0, 0.05) is 6.42 Å². The van der Waals surface area contributed by atoms with E-state index in [4.69, 9.17) is 9.47 Å². The van der Waals surface area contributed by atoms with Gasteiger partial charge in [-0.15, -0.1) is 5.73 Å². The van der Waals surface area contributed by atoms with E-state index < -0.39 is 33.6 Å². The van der Waals surface area contributed by atoms with Crippen molar-refractivity contribution in [1.29, 1.82) is 0 Å². The number of carbonyl (C=O) groups is 2. The van der Waals surface area contributed by atoms with Gasteiger partial charge in [-0.1, -0.05) is 36.4 Å². The summed E-state index contributed by atoms with van der Waals surface area (Å²) in [4.78, 5) is 25.2. The van der Waals surface area contributed by atoms with Gasteiger partial charge in [-0.3, -0.25) is 9.59 Å². The molecule has 2 rings (SSSR count). The van der Waals surface area contributed by atoms with Crippen molar-refractivity contribution < 1.29 is 27.5 Å². The molecule has 0 saturated heterocycles. The number of hydrogen-bond donors (Lipinski definition) is 0. The number of ether oxygens (including phenoxy) is 2. The Balaban J connectivity index is 2.54. The van der Waals surface area contributed by atoms with Crippen LogP contribution in [-0.4, -0.2) is 34.6 Å². The lowest BCUT2D eigenvalue weighted by Crippen LogP contribution is -2.42.